The van der Waals surface area contributed by atoms with Crippen molar-refractivity contribution in [1.82, 2.24) is 15.0 Å². The molecule has 6 rings (SSSR count). The number of rotatable bonds is 4. The van der Waals surface area contributed by atoms with Crippen LogP contribution in [0.25, 0.3) is 44.9 Å². The molecule has 3 nitrogen and oxygen atoms in total. The normalized spacial score (nSPS) is 10.2. The topological polar surface area (TPSA) is 38.7 Å². The minimum absolute atomic E-state index is 0. The average molecular weight is 696 g/mol. The van der Waals surface area contributed by atoms with E-state index in [0.29, 0.717) is 0 Å². The van der Waals surface area contributed by atoms with Crippen molar-refractivity contribution in [3.8, 4) is 44.9 Å². The first-order chi connectivity index (χ1) is 19.1. The summed E-state index contributed by atoms with van der Waals surface area (Å²) in [6, 6.07) is 43.3. The molecule has 199 valence electrons. The molecular weight excluding hydrogens is 667 g/mol. The van der Waals surface area contributed by atoms with Gasteiger partial charge in [0.25, 0.3) is 0 Å². The van der Waals surface area contributed by atoms with Crippen molar-refractivity contribution in [2.45, 2.75) is 20.8 Å². The van der Waals surface area contributed by atoms with E-state index in [1.807, 2.05) is 55.6 Å². The fraction of sp³-hybridized carbons (Fsp3) is 0.0833. The molecule has 0 saturated heterocycles. The van der Waals surface area contributed by atoms with Crippen LogP contribution in [0.1, 0.15) is 16.8 Å². The van der Waals surface area contributed by atoms with Crippen molar-refractivity contribution >= 4 is 0 Å². The van der Waals surface area contributed by atoms with Crippen molar-refractivity contribution < 1.29 is 20.1 Å². The maximum atomic E-state index is 4.54. The molecular formula is C36H29IrN3-2. The summed E-state index contributed by atoms with van der Waals surface area (Å²) in [5.41, 5.74) is 11.2. The number of hydrogen-bond acceptors (Lipinski definition) is 3. The minimum atomic E-state index is 0. The van der Waals surface area contributed by atoms with E-state index in [9.17, 15) is 0 Å². The van der Waals surface area contributed by atoms with Gasteiger partial charge in [0.1, 0.15) is 0 Å². The zero-order valence-corrected chi connectivity index (χ0v) is 25.1. The molecule has 0 amide bonds. The summed E-state index contributed by atoms with van der Waals surface area (Å²) in [5.74, 6) is 0.720. The zero-order valence-electron chi connectivity index (χ0n) is 22.7. The smallest absolute Gasteiger partial charge is 0.0751 e. The first kappa shape index (κ1) is 28.8. The second kappa shape index (κ2) is 13.7. The first-order valence-electron chi connectivity index (χ1n) is 13.0. The van der Waals surface area contributed by atoms with Crippen LogP contribution in [0.5, 0.6) is 0 Å². The summed E-state index contributed by atoms with van der Waals surface area (Å²) in [5, 5.41) is 0. The molecule has 0 atom stereocenters. The van der Waals surface area contributed by atoms with E-state index in [2.05, 4.69) is 108 Å². The summed E-state index contributed by atoms with van der Waals surface area (Å²) < 4.78 is 0. The van der Waals surface area contributed by atoms with Crippen LogP contribution in [0.4, 0.5) is 0 Å². The predicted octanol–water partition coefficient (Wildman–Crippen LogP) is 8.75. The Morgan fingerprint density at radius 3 is 1.93 bits per heavy atom. The average Bonchev–Trinajstić information content (AvgIpc) is 2.99. The van der Waals surface area contributed by atoms with Crippen molar-refractivity contribution in [2.75, 3.05) is 0 Å². The van der Waals surface area contributed by atoms with Gasteiger partial charge in [0.2, 0.25) is 0 Å². The first-order valence-corrected chi connectivity index (χ1v) is 13.0. The second-order valence-electron chi connectivity index (χ2n) is 9.36. The number of benzene rings is 4. The number of aryl methyl sites for hydroxylation is 2. The molecule has 0 spiro atoms. The van der Waals surface area contributed by atoms with Gasteiger partial charge in [-0.2, -0.15) is 0 Å². The standard InChI is InChI=1S/C19H16N.C17H13N2.Ir/c1-14-7-6-10-17(13-14)19-15(2)18(11-12-20-19)16-8-4-3-5-9-16;1-13-10-11-18-17(19-13)16-9-5-8-15(12-16)14-6-3-2-4-7-14;/h3-9,11-13H,1-2H3;2-8,10-12H,1H3;/q2*-1;. The molecule has 0 saturated carbocycles. The van der Waals surface area contributed by atoms with E-state index >= 15 is 0 Å². The Kier molecular flexibility index (Phi) is 9.86. The van der Waals surface area contributed by atoms with Crippen LogP contribution in [-0.4, -0.2) is 15.0 Å². The molecule has 0 aliphatic rings. The molecule has 0 fully saturated rings. The van der Waals surface area contributed by atoms with E-state index in [1.54, 1.807) is 6.20 Å². The molecule has 4 heteroatoms. The predicted molar refractivity (Wildman–Crippen MR) is 160 cm³/mol. The summed E-state index contributed by atoms with van der Waals surface area (Å²) in [7, 11) is 0. The molecule has 40 heavy (non-hydrogen) atoms. The van der Waals surface area contributed by atoms with Gasteiger partial charge < -0.3 is 4.98 Å². The molecule has 2 heterocycles. The Morgan fingerprint density at radius 1 is 0.575 bits per heavy atom. The van der Waals surface area contributed by atoms with Gasteiger partial charge in [-0.1, -0.05) is 73.2 Å². The van der Waals surface area contributed by atoms with Crippen molar-refractivity contribution in [3.63, 3.8) is 0 Å². The van der Waals surface area contributed by atoms with Gasteiger partial charge in [-0.3, -0.25) is 9.97 Å². The van der Waals surface area contributed by atoms with Gasteiger partial charge in [-0.05, 0) is 48.4 Å². The van der Waals surface area contributed by atoms with Crippen molar-refractivity contribution in [2.24, 2.45) is 0 Å². The minimum Gasteiger partial charge on any atom is -0.304 e. The summed E-state index contributed by atoms with van der Waals surface area (Å²) >= 11 is 0. The summed E-state index contributed by atoms with van der Waals surface area (Å²) in [6.45, 7) is 6.18. The van der Waals surface area contributed by atoms with Gasteiger partial charge in [0, 0.05) is 38.2 Å². The van der Waals surface area contributed by atoms with E-state index < -0.39 is 0 Å². The molecule has 4 aromatic carbocycles. The van der Waals surface area contributed by atoms with Crippen LogP contribution in [0, 0.1) is 32.9 Å². The van der Waals surface area contributed by atoms with Gasteiger partial charge in [-0.25, -0.2) is 0 Å². The van der Waals surface area contributed by atoms with Crippen LogP contribution >= 0.6 is 0 Å². The molecule has 0 bridgehead atoms. The van der Waals surface area contributed by atoms with Gasteiger partial charge in [-0.15, -0.1) is 70.8 Å². The maximum Gasteiger partial charge on any atom is 0.0751 e. The largest absolute Gasteiger partial charge is 0.304 e. The quantitative estimate of drug-likeness (QED) is 0.173. The van der Waals surface area contributed by atoms with Crippen molar-refractivity contribution in [1.29, 1.82) is 0 Å². The van der Waals surface area contributed by atoms with Gasteiger partial charge in [0.15, 0.2) is 0 Å². The third-order valence-electron chi connectivity index (χ3n) is 6.45. The molecule has 2 aromatic heterocycles. The van der Waals surface area contributed by atoms with Crippen LogP contribution in [0.15, 0.2) is 122 Å². The van der Waals surface area contributed by atoms with Gasteiger partial charge >= 0.3 is 0 Å². The molecule has 6 aromatic rings. The van der Waals surface area contributed by atoms with E-state index in [1.165, 1.54) is 27.8 Å². The fourth-order valence-corrected chi connectivity index (χ4v) is 4.44. The molecule has 0 N–H and O–H groups in total. The maximum absolute atomic E-state index is 4.54. The number of aromatic nitrogens is 3. The SMILES string of the molecule is Cc1cc[c-]c(-c2nccc(-c3ccccc3)c2C)c1.Cc1ccnc(-c2[c-]ccc(-c3ccccc3)c2)n1.[Ir]. The van der Waals surface area contributed by atoms with Crippen LogP contribution in [0.3, 0.4) is 0 Å². The number of pyridine rings is 1. The number of hydrogen-bond donors (Lipinski definition) is 0. The Balaban J connectivity index is 0.000000181. The molecule has 0 aliphatic heterocycles. The van der Waals surface area contributed by atoms with E-state index in [0.717, 1.165) is 33.9 Å². The second-order valence-corrected chi connectivity index (χ2v) is 9.36. The van der Waals surface area contributed by atoms with Crippen LogP contribution in [-0.2, 0) is 20.1 Å². The van der Waals surface area contributed by atoms with Crippen molar-refractivity contribution in [3.05, 3.63) is 151 Å². The zero-order chi connectivity index (χ0) is 27.0. The Hall–Kier alpha value is -4.24. The Labute approximate surface area is 250 Å². The Morgan fingerprint density at radius 2 is 1.23 bits per heavy atom. The third-order valence-corrected chi connectivity index (χ3v) is 6.45. The van der Waals surface area contributed by atoms with E-state index in [-0.39, 0.29) is 20.1 Å². The van der Waals surface area contributed by atoms with E-state index in [4.69, 9.17) is 0 Å². The van der Waals surface area contributed by atoms with Crippen LogP contribution < -0.4 is 0 Å². The van der Waals surface area contributed by atoms with Gasteiger partial charge in [0.05, 0.1) is 5.82 Å². The summed E-state index contributed by atoms with van der Waals surface area (Å²) in [6.07, 6.45) is 3.65. The summed E-state index contributed by atoms with van der Waals surface area (Å²) in [4.78, 5) is 13.3. The third kappa shape index (κ3) is 7.04. The van der Waals surface area contributed by atoms with Crippen LogP contribution in [0.2, 0.25) is 0 Å². The molecule has 1 radical (unpaired) electrons. The fourth-order valence-electron chi connectivity index (χ4n) is 4.44. The Bertz CT molecular complexity index is 1680. The number of nitrogens with zero attached hydrogens (tertiary/aromatic N) is 3. The molecule has 0 unspecified atom stereocenters. The monoisotopic (exact) mass is 696 g/mol. The molecule has 0 aliphatic carbocycles.